The molecular formula is C20H25N3O6. The molecule has 1 aliphatic heterocycles. The van der Waals surface area contributed by atoms with Crippen molar-refractivity contribution in [2.45, 2.75) is 6.10 Å². The Bertz CT molecular complexity index is 799. The molecule has 1 unspecified atom stereocenters. The van der Waals surface area contributed by atoms with Crippen molar-refractivity contribution in [2.24, 2.45) is 0 Å². The van der Waals surface area contributed by atoms with E-state index in [1.807, 2.05) is 0 Å². The average molecular weight is 403 g/mol. The number of anilines is 1. The molecule has 0 saturated carbocycles. The van der Waals surface area contributed by atoms with E-state index in [-0.39, 0.29) is 18.4 Å². The number of aliphatic hydroxyl groups is 1. The molecular weight excluding hydrogens is 378 g/mol. The minimum Gasteiger partial charge on any atom is -0.508 e. The number of benzene rings is 2. The van der Waals surface area contributed by atoms with Gasteiger partial charge >= 0.3 is 6.03 Å². The lowest BCUT2D eigenvalue weighted by Gasteiger charge is -2.19. The molecule has 0 radical (unpaired) electrons. The zero-order valence-electron chi connectivity index (χ0n) is 15.9. The van der Waals surface area contributed by atoms with Gasteiger partial charge in [0.25, 0.3) is 0 Å². The quantitative estimate of drug-likeness (QED) is 0.316. The van der Waals surface area contributed by atoms with E-state index >= 15 is 0 Å². The first-order valence-corrected chi connectivity index (χ1v) is 9.35. The van der Waals surface area contributed by atoms with Crippen LogP contribution in [0.15, 0.2) is 42.5 Å². The molecule has 2 aromatic carbocycles. The summed E-state index contributed by atoms with van der Waals surface area (Å²) in [7, 11) is 0. The van der Waals surface area contributed by atoms with Crippen LogP contribution in [-0.4, -0.2) is 61.8 Å². The fourth-order valence-electron chi connectivity index (χ4n) is 2.62. The molecule has 29 heavy (non-hydrogen) atoms. The topological polar surface area (TPSA) is 121 Å². The summed E-state index contributed by atoms with van der Waals surface area (Å²) in [5.41, 5.74) is 0.583. The van der Waals surface area contributed by atoms with Gasteiger partial charge in [-0.25, -0.2) is 4.79 Å². The summed E-state index contributed by atoms with van der Waals surface area (Å²) in [5.74, 6) is 2.06. The van der Waals surface area contributed by atoms with E-state index in [9.17, 15) is 15.0 Å². The smallest absolute Gasteiger partial charge is 0.319 e. The summed E-state index contributed by atoms with van der Waals surface area (Å²) < 4.78 is 16.5. The Morgan fingerprint density at radius 3 is 2.62 bits per heavy atom. The van der Waals surface area contributed by atoms with Crippen LogP contribution in [0, 0.1) is 0 Å². The number of phenolic OH excluding ortho intramolecular Hbond substituents is 1. The summed E-state index contributed by atoms with van der Waals surface area (Å²) in [4.78, 5) is 11.8. The number of hydrogen-bond acceptors (Lipinski definition) is 7. The van der Waals surface area contributed by atoms with Gasteiger partial charge in [0.2, 0.25) is 0 Å². The maximum Gasteiger partial charge on any atom is 0.319 e. The molecule has 0 spiro atoms. The van der Waals surface area contributed by atoms with Gasteiger partial charge in [0.05, 0.1) is 0 Å². The Kier molecular flexibility index (Phi) is 7.37. The Morgan fingerprint density at radius 1 is 1.07 bits per heavy atom. The highest BCUT2D eigenvalue weighted by atomic mass is 16.6. The number of ether oxygens (including phenoxy) is 3. The van der Waals surface area contributed by atoms with E-state index in [0.29, 0.717) is 55.8 Å². The van der Waals surface area contributed by atoms with E-state index in [4.69, 9.17) is 14.2 Å². The van der Waals surface area contributed by atoms with E-state index in [1.54, 1.807) is 30.3 Å². The molecule has 0 saturated heterocycles. The molecule has 0 fully saturated rings. The number of aliphatic hydroxyl groups excluding tert-OH is 1. The zero-order chi connectivity index (χ0) is 20.5. The molecule has 0 bridgehead atoms. The number of carbonyl (C=O) groups excluding carboxylic acids is 1. The van der Waals surface area contributed by atoms with Crippen molar-refractivity contribution in [3.8, 4) is 23.0 Å². The van der Waals surface area contributed by atoms with Crippen LogP contribution in [-0.2, 0) is 0 Å². The number of carbonyl (C=O) groups is 1. The first-order valence-electron chi connectivity index (χ1n) is 9.35. The van der Waals surface area contributed by atoms with Crippen LogP contribution in [0.25, 0.3) is 0 Å². The molecule has 156 valence electrons. The van der Waals surface area contributed by atoms with E-state index in [0.717, 1.165) is 0 Å². The Morgan fingerprint density at radius 2 is 1.83 bits per heavy atom. The lowest BCUT2D eigenvalue weighted by molar-refractivity contribution is 0.106. The van der Waals surface area contributed by atoms with Crippen molar-refractivity contribution >= 4 is 11.7 Å². The number of phenols is 1. The summed E-state index contributed by atoms with van der Waals surface area (Å²) in [5, 5.41) is 27.6. The van der Waals surface area contributed by atoms with Crippen LogP contribution in [0.5, 0.6) is 23.0 Å². The molecule has 9 heteroatoms. The molecule has 0 aromatic heterocycles. The second-order valence-corrected chi connectivity index (χ2v) is 6.40. The first-order chi connectivity index (χ1) is 14.1. The maximum atomic E-state index is 11.8. The maximum absolute atomic E-state index is 11.8. The number of nitrogens with one attached hydrogen (secondary N) is 3. The van der Waals surface area contributed by atoms with Crippen molar-refractivity contribution in [3.63, 3.8) is 0 Å². The van der Waals surface area contributed by atoms with Crippen molar-refractivity contribution in [2.75, 3.05) is 44.8 Å². The van der Waals surface area contributed by atoms with Gasteiger partial charge in [0.15, 0.2) is 11.5 Å². The molecule has 3 rings (SSSR count). The number of amides is 2. The van der Waals surface area contributed by atoms with Crippen molar-refractivity contribution in [1.29, 1.82) is 0 Å². The van der Waals surface area contributed by atoms with Crippen LogP contribution in [0.1, 0.15) is 0 Å². The second kappa shape index (κ2) is 10.4. The van der Waals surface area contributed by atoms with E-state index < -0.39 is 6.10 Å². The summed E-state index contributed by atoms with van der Waals surface area (Å²) in [6.07, 6.45) is -0.700. The second-order valence-electron chi connectivity index (χ2n) is 6.40. The van der Waals surface area contributed by atoms with E-state index in [2.05, 4.69) is 16.0 Å². The van der Waals surface area contributed by atoms with Crippen LogP contribution < -0.4 is 30.2 Å². The molecule has 5 N–H and O–H groups in total. The van der Waals surface area contributed by atoms with Gasteiger partial charge in [-0.1, -0.05) is 0 Å². The number of aromatic hydroxyl groups is 1. The van der Waals surface area contributed by atoms with Crippen LogP contribution >= 0.6 is 0 Å². The lowest BCUT2D eigenvalue weighted by Crippen LogP contribution is -2.38. The van der Waals surface area contributed by atoms with Gasteiger partial charge in [0.1, 0.15) is 37.4 Å². The Balaban J connectivity index is 1.26. The van der Waals surface area contributed by atoms with Gasteiger partial charge in [-0.2, -0.15) is 0 Å². The number of urea groups is 1. The van der Waals surface area contributed by atoms with Gasteiger partial charge in [0, 0.05) is 31.4 Å². The number of hydrogen-bond donors (Lipinski definition) is 5. The van der Waals surface area contributed by atoms with E-state index in [1.165, 1.54) is 12.1 Å². The first kappa shape index (κ1) is 20.6. The molecule has 9 nitrogen and oxygen atoms in total. The Hall–Kier alpha value is -3.17. The molecule has 1 atom stereocenters. The van der Waals surface area contributed by atoms with Gasteiger partial charge in [-0.3, -0.25) is 0 Å². The summed E-state index contributed by atoms with van der Waals surface area (Å²) >= 11 is 0. The molecule has 1 heterocycles. The predicted molar refractivity (Wildman–Crippen MR) is 107 cm³/mol. The molecule has 2 amide bonds. The predicted octanol–water partition coefficient (Wildman–Crippen LogP) is 1.31. The third kappa shape index (κ3) is 6.74. The van der Waals surface area contributed by atoms with Gasteiger partial charge in [-0.05, 0) is 36.4 Å². The molecule has 0 aliphatic carbocycles. The fourth-order valence-corrected chi connectivity index (χ4v) is 2.62. The SMILES string of the molecule is O=C(NCCNCC(O)COc1ccc2c(c1)OCCO2)Nc1ccc(O)cc1. The summed E-state index contributed by atoms with van der Waals surface area (Å²) in [6.45, 7) is 2.37. The average Bonchev–Trinajstić information content (AvgIpc) is 2.73. The monoisotopic (exact) mass is 403 g/mol. The normalized spacial score (nSPS) is 13.4. The highest BCUT2D eigenvalue weighted by molar-refractivity contribution is 5.89. The van der Waals surface area contributed by atoms with Crippen LogP contribution in [0.3, 0.4) is 0 Å². The zero-order valence-corrected chi connectivity index (χ0v) is 15.9. The standard InChI is InChI=1S/C20H25N3O6/c24-15-3-1-14(2-4-15)23-20(26)22-8-7-21-12-16(25)13-29-17-5-6-18-19(11-17)28-10-9-27-18/h1-6,11,16,21,24-25H,7-10,12-13H2,(H2,22,23,26). The minimum atomic E-state index is -0.700. The third-order valence-corrected chi connectivity index (χ3v) is 4.05. The third-order valence-electron chi connectivity index (χ3n) is 4.05. The van der Waals surface area contributed by atoms with Gasteiger partial charge < -0.3 is 40.4 Å². The minimum absolute atomic E-state index is 0.126. The molecule has 2 aromatic rings. The number of rotatable bonds is 9. The lowest BCUT2D eigenvalue weighted by atomic mass is 10.3. The Labute approximate surface area is 168 Å². The van der Waals surface area contributed by atoms with Crippen molar-refractivity contribution in [3.05, 3.63) is 42.5 Å². The largest absolute Gasteiger partial charge is 0.508 e. The molecule has 1 aliphatic rings. The van der Waals surface area contributed by atoms with Gasteiger partial charge in [-0.15, -0.1) is 0 Å². The van der Waals surface area contributed by atoms with Crippen LogP contribution in [0.4, 0.5) is 10.5 Å². The van der Waals surface area contributed by atoms with Crippen molar-refractivity contribution in [1.82, 2.24) is 10.6 Å². The summed E-state index contributed by atoms with van der Waals surface area (Å²) in [6, 6.07) is 11.1. The van der Waals surface area contributed by atoms with Crippen LogP contribution in [0.2, 0.25) is 0 Å². The van der Waals surface area contributed by atoms with Crippen molar-refractivity contribution < 1.29 is 29.2 Å². The highest BCUT2D eigenvalue weighted by Gasteiger charge is 2.13. The number of fused-ring (bicyclic) bond motifs is 1. The fraction of sp³-hybridized carbons (Fsp3) is 0.350. The highest BCUT2D eigenvalue weighted by Crippen LogP contribution is 2.33.